The average Bonchev–Trinajstić information content (AvgIpc) is 3.13. The van der Waals surface area contributed by atoms with Gasteiger partial charge in [-0.05, 0) is 42.8 Å². The Morgan fingerprint density at radius 3 is 3.00 bits per heavy atom. The molecule has 0 saturated heterocycles. The number of hydrogen-bond acceptors (Lipinski definition) is 5. The number of ether oxygens (including phenoxy) is 1. The van der Waals surface area contributed by atoms with Crippen molar-refractivity contribution >= 4 is 29.1 Å². The highest BCUT2D eigenvalue weighted by Crippen LogP contribution is 2.22. The summed E-state index contributed by atoms with van der Waals surface area (Å²) in [5.74, 6) is 0.933. The maximum absolute atomic E-state index is 11.8. The van der Waals surface area contributed by atoms with Crippen LogP contribution in [0, 0.1) is 0 Å². The number of nitrogens with one attached hydrogen (secondary N) is 1. The molecule has 6 heteroatoms. The second-order valence-electron chi connectivity index (χ2n) is 5.32. The Morgan fingerprint density at radius 2 is 2.16 bits per heavy atom. The third-order valence-electron chi connectivity index (χ3n) is 3.33. The van der Waals surface area contributed by atoms with Crippen molar-refractivity contribution in [1.29, 1.82) is 0 Å². The van der Waals surface area contributed by atoms with E-state index >= 15 is 0 Å². The molecule has 0 aliphatic carbocycles. The lowest BCUT2D eigenvalue weighted by Crippen LogP contribution is -2.24. The molecule has 0 fully saturated rings. The van der Waals surface area contributed by atoms with Crippen LogP contribution in [0.4, 0.5) is 0 Å². The first-order valence-corrected chi connectivity index (χ1v) is 7.72. The number of nitrogens with zero attached hydrogens (tertiary/aromatic N) is 2. The van der Waals surface area contributed by atoms with Crippen LogP contribution in [0.15, 0.2) is 70.0 Å². The number of furan rings is 1. The van der Waals surface area contributed by atoms with Crippen molar-refractivity contribution in [3.63, 3.8) is 0 Å². The van der Waals surface area contributed by atoms with Crippen LogP contribution in [0.25, 0.3) is 17.0 Å². The molecule has 0 spiro atoms. The molecule has 0 radical (unpaired) electrons. The van der Waals surface area contributed by atoms with Crippen molar-refractivity contribution in [3.8, 4) is 5.75 Å². The summed E-state index contributed by atoms with van der Waals surface area (Å²) in [6.45, 7) is 1.71. The lowest BCUT2D eigenvalue weighted by Gasteiger charge is -2.07. The first-order chi connectivity index (χ1) is 12.2. The van der Waals surface area contributed by atoms with E-state index in [0.717, 1.165) is 22.2 Å². The third kappa shape index (κ3) is 4.54. The molecule has 0 aliphatic rings. The van der Waals surface area contributed by atoms with Gasteiger partial charge in [-0.15, -0.1) is 0 Å². The fourth-order valence-corrected chi connectivity index (χ4v) is 2.21. The Balaban J connectivity index is 1.53. The summed E-state index contributed by atoms with van der Waals surface area (Å²) in [5.41, 5.74) is 3.99. The molecule has 126 valence electrons. The monoisotopic (exact) mass is 335 g/mol. The topological polar surface area (TPSA) is 76.7 Å². The van der Waals surface area contributed by atoms with Crippen molar-refractivity contribution in [2.24, 2.45) is 5.10 Å². The summed E-state index contributed by atoms with van der Waals surface area (Å²) in [7, 11) is 0. The standard InChI is InChI=1S/C19H17N3O3/c1-14(11-16-7-4-10-24-16)12-21-22-18(23)13-25-17-8-2-5-15-6-3-9-20-19(15)17/h2-12H,13H2,1H3,(H,22,23)/b14-11+,21-12+. The second kappa shape index (κ2) is 7.92. The molecule has 0 atom stereocenters. The van der Waals surface area contributed by atoms with Crippen molar-refractivity contribution in [3.05, 3.63) is 66.3 Å². The molecule has 1 N–H and O–H groups in total. The van der Waals surface area contributed by atoms with Gasteiger partial charge in [0.05, 0.1) is 12.5 Å². The van der Waals surface area contributed by atoms with Crippen LogP contribution in [0.1, 0.15) is 12.7 Å². The lowest BCUT2D eigenvalue weighted by molar-refractivity contribution is -0.123. The van der Waals surface area contributed by atoms with E-state index in [2.05, 4.69) is 15.5 Å². The van der Waals surface area contributed by atoms with E-state index in [0.29, 0.717) is 5.75 Å². The van der Waals surface area contributed by atoms with Gasteiger partial charge in [0.1, 0.15) is 17.0 Å². The third-order valence-corrected chi connectivity index (χ3v) is 3.33. The van der Waals surface area contributed by atoms with Crippen molar-refractivity contribution in [2.45, 2.75) is 6.92 Å². The number of allylic oxidation sites excluding steroid dienone is 1. The molecular formula is C19H17N3O3. The van der Waals surface area contributed by atoms with Gasteiger partial charge >= 0.3 is 0 Å². The van der Waals surface area contributed by atoms with Gasteiger partial charge < -0.3 is 9.15 Å². The molecule has 6 nitrogen and oxygen atoms in total. The Labute approximate surface area is 144 Å². The zero-order chi connectivity index (χ0) is 17.5. The first kappa shape index (κ1) is 16.4. The molecule has 2 heterocycles. The molecule has 1 aromatic carbocycles. The Bertz CT molecular complexity index is 909. The van der Waals surface area contributed by atoms with Crippen LogP contribution in [-0.2, 0) is 4.79 Å². The highest BCUT2D eigenvalue weighted by atomic mass is 16.5. The van der Waals surface area contributed by atoms with Gasteiger partial charge in [0.2, 0.25) is 0 Å². The highest BCUT2D eigenvalue weighted by molar-refractivity contribution is 5.87. The van der Waals surface area contributed by atoms with E-state index in [1.54, 1.807) is 30.8 Å². The van der Waals surface area contributed by atoms with Crippen molar-refractivity contribution < 1.29 is 13.9 Å². The zero-order valence-electron chi connectivity index (χ0n) is 13.7. The second-order valence-corrected chi connectivity index (χ2v) is 5.32. The van der Waals surface area contributed by atoms with Crippen LogP contribution in [0.5, 0.6) is 5.75 Å². The number of carbonyl (C=O) groups is 1. The van der Waals surface area contributed by atoms with E-state index in [4.69, 9.17) is 9.15 Å². The van der Waals surface area contributed by atoms with Gasteiger partial charge in [-0.2, -0.15) is 5.10 Å². The summed E-state index contributed by atoms with van der Waals surface area (Å²) in [6, 6.07) is 13.0. The highest BCUT2D eigenvalue weighted by Gasteiger charge is 2.05. The number of rotatable bonds is 6. The van der Waals surface area contributed by atoms with Crippen LogP contribution >= 0.6 is 0 Å². The van der Waals surface area contributed by atoms with Gasteiger partial charge in [-0.25, -0.2) is 5.43 Å². The van der Waals surface area contributed by atoms with Gasteiger partial charge in [-0.3, -0.25) is 9.78 Å². The Kier molecular flexibility index (Phi) is 5.21. The summed E-state index contributed by atoms with van der Waals surface area (Å²) >= 11 is 0. The van der Waals surface area contributed by atoms with E-state index in [-0.39, 0.29) is 12.5 Å². The van der Waals surface area contributed by atoms with Gasteiger partial charge in [0, 0.05) is 11.6 Å². The number of hydrogen-bond donors (Lipinski definition) is 1. The Hall–Kier alpha value is -3.41. The summed E-state index contributed by atoms with van der Waals surface area (Å²) in [5, 5.41) is 4.85. The van der Waals surface area contributed by atoms with E-state index in [9.17, 15) is 4.79 Å². The average molecular weight is 335 g/mol. The molecule has 0 bridgehead atoms. The number of hydrazone groups is 1. The minimum Gasteiger partial charge on any atom is -0.481 e. The largest absolute Gasteiger partial charge is 0.481 e. The number of benzene rings is 1. The van der Waals surface area contributed by atoms with Crippen LogP contribution in [0.3, 0.4) is 0 Å². The van der Waals surface area contributed by atoms with E-state index in [1.807, 2.05) is 43.3 Å². The number of fused-ring (bicyclic) bond motifs is 1. The van der Waals surface area contributed by atoms with Crippen molar-refractivity contribution in [2.75, 3.05) is 6.61 Å². The summed E-state index contributed by atoms with van der Waals surface area (Å²) in [4.78, 5) is 16.1. The quantitative estimate of drug-likeness (QED) is 0.553. The number of para-hydroxylation sites is 1. The van der Waals surface area contributed by atoms with Crippen LogP contribution < -0.4 is 10.2 Å². The molecule has 0 saturated carbocycles. The number of aromatic nitrogens is 1. The predicted molar refractivity (Wildman–Crippen MR) is 96.2 cm³/mol. The smallest absolute Gasteiger partial charge is 0.277 e. The van der Waals surface area contributed by atoms with Gasteiger partial charge in [0.25, 0.3) is 5.91 Å². The number of carbonyl (C=O) groups excluding carboxylic acids is 1. The molecule has 2 aromatic heterocycles. The zero-order valence-corrected chi connectivity index (χ0v) is 13.7. The SMILES string of the molecule is CC(/C=N/NC(=O)COc1cccc2cccnc12)=C\c1ccco1. The van der Waals surface area contributed by atoms with E-state index in [1.165, 1.54) is 0 Å². The maximum atomic E-state index is 11.8. The van der Waals surface area contributed by atoms with Crippen LogP contribution in [0.2, 0.25) is 0 Å². The number of pyridine rings is 1. The molecule has 3 rings (SSSR count). The summed E-state index contributed by atoms with van der Waals surface area (Å²) < 4.78 is 10.7. The normalized spacial score (nSPS) is 11.8. The molecule has 25 heavy (non-hydrogen) atoms. The summed E-state index contributed by atoms with van der Waals surface area (Å²) in [6.07, 6.45) is 6.64. The molecular weight excluding hydrogens is 318 g/mol. The maximum Gasteiger partial charge on any atom is 0.277 e. The lowest BCUT2D eigenvalue weighted by atomic mass is 10.2. The van der Waals surface area contributed by atoms with Gasteiger partial charge in [0.15, 0.2) is 6.61 Å². The molecule has 3 aromatic rings. The minimum atomic E-state index is -0.352. The minimum absolute atomic E-state index is 0.145. The number of amides is 1. The van der Waals surface area contributed by atoms with E-state index < -0.39 is 0 Å². The van der Waals surface area contributed by atoms with Crippen LogP contribution in [-0.4, -0.2) is 23.7 Å². The Morgan fingerprint density at radius 1 is 1.28 bits per heavy atom. The first-order valence-electron chi connectivity index (χ1n) is 7.72. The predicted octanol–water partition coefficient (Wildman–Crippen LogP) is 3.41. The molecule has 0 unspecified atom stereocenters. The van der Waals surface area contributed by atoms with Crippen molar-refractivity contribution in [1.82, 2.24) is 10.4 Å². The fourth-order valence-electron chi connectivity index (χ4n) is 2.21. The molecule has 1 amide bonds. The fraction of sp³-hybridized carbons (Fsp3) is 0.105. The van der Waals surface area contributed by atoms with Gasteiger partial charge in [-0.1, -0.05) is 18.2 Å². The molecule has 0 aliphatic heterocycles.